The first-order chi connectivity index (χ1) is 10.1. The van der Waals surface area contributed by atoms with E-state index < -0.39 is 0 Å². The number of ketones is 1. The van der Waals surface area contributed by atoms with Crippen LogP contribution in [0.15, 0.2) is 42.5 Å². The number of hydrogen-bond acceptors (Lipinski definition) is 2. The number of nitrogens with zero attached hydrogens (tertiary/aromatic N) is 1. The Morgan fingerprint density at radius 3 is 2.43 bits per heavy atom. The molecule has 0 aliphatic carbocycles. The van der Waals surface area contributed by atoms with Crippen LogP contribution in [-0.4, -0.2) is 18.7 Å². The second kappa shape index (κ2) is 5.13. The van der Waals surface area contributed by atoms with Crippen LogP contribution in [0.1, 0.15) is 27.9 Å². The molecular weight excluding hydrogens is 269 g/mol. The summed E-state index contributed by atoms with van der Waals surface area (Å²) in [5.41, 5.74) is 2.85. The first-order valence-corrected chi connectivity index (χ1v) is 6.76. The molecule has 0 fully saturated rings. The van der Waals surface area contributed by atoms with E-state index in [2.05, 4.69) is 0 Å². The van der Waals surface area contributed by atoms with Gasteiger partial charge < -0.3 is 4.90 Å². The van der Waals surface area contributed by atoms with Crippen LogP contribution in [-0.2, 0) is 11.2 Å². The van der Waals surface area contributed by atoms with E-state index in [1.165, 1.54) is 24.3 Å². The second-order valence-electron chi connectivity index (χ2n) is 5.13. The molecule has 0 atom stereocenters. The van der Waals surface area contributed by atoms with Crippen molar-refractivity contribution in [3.05, 3.63) is 65.0 Å². The number of carbonyl (C=O) groups excluding carboxylic acids is 2. The summed E-state index contributed by atoms with van der Waals surface area (Å²) in [5, 5.41) is 0. The molecule has 3 rings (SSSR count). The van der Waals surface area contributed by atoms with Gasteiger partial charge in [-0.3, -0.25) is 9.59 Å². The summed E-state index contributed by atoms with van der Waals surface area (Å²) in [6.45, 7) is 0. The van der Waals surface area contributed by atoms with Gasteiger partial charge in [0.05, 0.1) is 0 Å². The average Bonchev–Trinajstić information content (AvgIpc) is 2.51. The summed E-state index contributed by atoms with van der Waals surface area (Å²) in [5.74, 6) is -0.422. The number of anilines is 1. The number of benzene rings is 2. The number of halogens is 1. The summed E-state index contributed by atoms with van der Waals surface area (Å²) in [7, 11) is 1.74. The predicted octanol–water partition coefficient (Wildman–Crippen LogP) is 2.97. The van der Waals surface area contributed by atoms with E-state index >= 15 is 0 Å². The first kappa shape index (κ1) is 13.5. The van der Waals surface area contributed by atoms with Gasteiger partial charge in [0.15, 0.2) is 5.78 Å². The van der Waals surface area contributed by atoms with Gasteiger partial charge in [0.2, 0.25) is 5.91 Å². The van der Waals surface area contributed by atoms with Gasteiger partial charge in [-0.25, -0.2) is 4.39 Å². The molecule has 1 amide bonds. The van der Waals surface area contributed by atoms with Crippen molar-refractivity contribution in [2.45, 2.75) is 12.8 Å². The minimum absolute atomic E-state index is 0.0834. The molecule has 0 saturated heterocycles. The molecule has 1 aliphatic heterocycles. The van der Waals surface area contributed by atoms with Crippen molar-refractivity contribution < 1.29 is 14.0 Å². The lowest BCUT2D eigenvalue weighted by Crippen LogP contribution is -2.31. The number of carbonyl (C=O) groups is 2. The van der Waals surface area contributed by atoms with Crippen LogP contribution in [0, 0.1) is 5.82 Å². The summed E-state index contributed by atoms with van der Waals surface area (Å²) in [4.78, 5) is 25.7. The smallest absolute Gasteiger partial charge is 0.227 e. The molecule has 3 nitrogen and oxygen atoms in total. The molecule has 2 aromatic rings. The van der Waals surface area contributed by atoms with E-state index in [0.29, 0.717) is 24.0 Å². The maximum atomic E-state index is 12.9. The summed E-state index contributed by atoms with van der Waals surface area (Å²) in [6, 6.07) is 10.8. The Morgan fingerprint density at radius 2 is 1.71 bits per heavy atom. The maximum absolute atomic E-state index is 12.9. The molecule has 21 heavy (non-hydrogen) atoms. The molecule has 0 bridgehead atoms. The van der Waals surface area contributed by atoms with E-state index in [0.717, 1.165) is 11.3 Å². The van der Waals surface area contributed by atoms with E-state index in [4.69, 9.17) is 0 Å². The minimum Gasteiger partial charge on any atom is -0.315 e. The lowest BCUT2D eigenvalue weighted by atomic mass is 9.95. The van der Waals surface area contributed by atoms with E-state index in [1.54, 1.807) is 24.1 Å². The number of aryl methyl sites for hydroxylation is 1. The molecule has 106 valence electrons. The summed E-state index contributed by atoms with van der Waals surface area (Å²) >= 11 is 0. The van der Waals surface area contributed by atoms with Crippen LogP contribution in [0.4, 0.5) is 10.1 Å². The fourth-order valence-electron chi connectivity index (χ4n) is 2.57. The predicted molar refractivity (Wildman–Crippen MR) is 78.0 cm³/mol. The van der Waals surface area contributed by atoms with Crippen molar-refractivity contribution >= 4 is 17.4 Å². The van der Waals surface area contributed by atoms with E-state index in [9.17, 15) is 14.0 Å². The minimum atomic E-state index is -0.364. The second-order valence-corrected chi connectivity index (χ2v) is 5.13. The Kier molecular flexibility index (Phi) is 3.29. The highest BCUT2D eigenvalue weighted by Crippen LogP contribution is 2.28. The summed E-state index contributed by atoms with van der Waals surface area (Å²) < 4.78 is 12.9. The van der Waals surface area contributed by atoms with Crippen LogP contribution in [0.25, 0.3) is 0 Å². The SMILES string of the molecule is CN1C(=O)CCc2cc(C(=O)c3ccc(F)cc3)ccc21. The van der Waals surface area contributed by atoms with Gasteiger partial charge in [-0.15, -0.1) is 0 Å². The fourth-order valence-corrected chi connectivity index (χ4v) is 2.57. The monoisotopic (exact) mass is 283 g/mol. The standard InChI is InChI=1S/C17H14FNO2/c1-19-15-8-4-13(10-12(15)5-9-16(19)20)17(21)11-2-6-14(18)7-3-11/h2-4,6-8,10H,5,9H2,1H3. The van der Waals surface area contributed by atoms with Crippen LogP contribution < -0.4 is 4.90 Å². The van der Waals surface area contributed by atoms with Crippen LogP contribution in [0.2, 0.25) is 0 Å². The van der Waals surface area contributed by atoms with Crippen molar-refractivity contribution in [2.24, 2.45) is 0 Å². The van der Waals surface area contributed by atoms with E-state index in [1.807, 2.05) is 6.07 Å². The number of fused-ring (bicyclic) bond motifs is 1. The molecule has 1 heterocycles. The Hall–Kier alpha value is -2.49. The third kappa shape index (κ3) is 2.44. The highest BCUT2D eigenvalue weighted by Gasteiger charge is 2.22. The number of hydrogen-bond donors (Lipinski definition) is 0. The quantitative estimate of drug-likeness (QED) is 0.795. The van der Waals surface area contributed by atoms with Gasteiger partial charge in [0, 0.05) is 30.3 Å². The van der Waals surface area contributed by atoms with Gasteiger partial charge in [-0.05, 0) is 54.4 Å². The Labute approximate surface area is 122 Å². The largest absolute Gasteiger partial charge is 0.315 e. The van der Waals surface area contributed by atoms with Crippen molar-refractivity contribution in [1.29, 1.82) is 0 Å². The first-order valence-electron chi connectivity index (χ1n) is 6.76. The van der Waals surface area contributed by atoms with Crippen molar-refractivity contribution in [3.8, 4) is 0 Å². The zero-order valence-electron chi connectivity index (χ0n) is 11.6. The molecule has 0 unspecified atom stereocenters. The normalized spacial score (nSPS) is 14.0. The lowest BCUT2D eigenvalue weighted by Gasteiger charge is -2.26. The fraction of sp³-hybridized carbons (Fsp3) is 0.176. The molecule has 0 radical (unpaired) electrons. The molecule has 2 aromatic carbocycles. The molecule has 4 heteroatoms. The highest BCUT2D eigenvalue weighted by molar-refractivity contribution is 6.09. The topological polar surface area (TPSA) is 37.4 Å². The highest BCUT2D eigenvalue weighted by atomic mass is 19.1. The third-order valence-corrected chi connectivity index (χ3v) is 3.79. The molecule has 1 aliphatic rings. The van der Waals surface area contributed by atoms with Crippen molar-refractivity contribution in [2.75, 3.05) is 11.9 Å². The summed E-state index contributed by atoms with van der Waals surface area (Å²) in [6.07, 6.45) is 1.10. The van der Waals surface area contributed by atoms with Crippen molar-refractivity contribution in [1.82, 2.24) is 0 Å². The van der Waals surface area contributed by atoms with E-state index in [-0.39, 0.29) is 17.5 Å². The Balaban J connectivity index is 1.95. The van der Waals surface area contributed by atoms with Gasteiger partial charge in [0.1, 0.15) is 5.82 Å². The Morgan fingerprint density at radius 1 is 1.05 bits per heavy atom. The van der Waals surface area contributed by atoms with Crippen molar-refractivity contribution in [3.63, 3.8) is 0 Å². The zero-order chi connectivity index (χ0) is 15.0. The molecular formula is C17H14FNO2. The number of amides is 1. The zero-order valence-corrected chi connectivity index (χ0v) is 11.6. The van der Waals surface area contributed by atoms with Gasteiger partial charge in [-0.1, -0.05) is 0 Å². The van der Waals surface area contributed by atoms with Crippen LogP contribution in [0.5, 0.6) is 0 Å². The third-order valence-electron chi connectivity index (χ3n) is 3.79. The van der Waals surface area contributed by atoms with Crippen LogP contribution in [0.3, 0.4) is 0 Å². The molecule has 0 N–H and O–H groups in total. The van der Waals surface area contributed by atoms with Gasteiger partial charge in [-0.2, -0.15) is 0 Å². The molecule has 0 aromatic heterocycles. The molecule has 0 saturated carbocycles. The number of rotatable bonds is 2. The Bertz CT molecular complexity index is 722. The lowest BCUT2D eigenvalue weighted by molar-refractivity contribution is -0.118. The van der Waals surface area contributed by atoms with Crippen LogP contribution >= 0.6 is 0 Å². The molecule has 0 spiro atoms. The van der Waals surface area contributed by atoms with Gasteiger partial charge in [0.25, 0.3) is 0 Å². The van der Waals surface area contributed by atoms with Gasteiger partial charge >= 0.3 is 0 Å². The maximum Gasteiger partial charge on any atom is 0.227 e. The average molecular weight is 283 g/mol.